The van der Waals surface area contributed by atoms with E-state index in [4.69, 9.17) is 0 Å². The van der Waals surface area contributed by atoms with Gasteiger partial charge in [-0.3, -0.25) is 4.79 Å². The number of aromatic nitrogens is 1. The summed E-state index contributed by atoms with van der Waals surface area (Å²) in [6.45, 7) is 13.9. The molecule has 112 valence electrons. The molecule has 1 aromatic heterocycles. The fraction of sp³-hybridized carbons (Fsp3) is 0.625. The first-order chi connectivity index (χ1) is 9.24. The Balaban J connectivity index is 3.05. The van der Waals surface area contributed by atoms with Gasteiger partial charge in [0.2, 0.25) is 0 Å². The molecule has 0 aliphatic carbocycles. The Bertz CT molecular complexity index is 461. The van der Waals surface area contributed by atoms with Gasteiger partial charge in [-0.15, -0.1) is 0 Å². The number of carbonyl (C=O) groups excluding carboxylic acids is 1. The summed E-state index contributed by atoms with van der Waals surface area (Å²) < 4.78 is 0. The van der Waals surface area contributed by atoms with Gasteiger partial charge in [0.05, 0.1) is 0 Å². The third kappa shape index (κ3) is 4.83. The van der Waals surface area contributed by atoms with Gasteiger partial charge < -0.3 is 10.6 Å². The predicted octanol–water partition coefficient (Wildman–Crippen LogP) is 3.20. The fourth-order valence-corrected chi connectivity index (χ4v) is 1.72. The van der Waals surface area contributed by atoms with Crippen molar-refractivity contribution in [2.75, 3.05) is 18.4 Å². The topological polar surface area (TPSA) is 54.0 Å². The summed E-state index contributed by atoms with van der Waals surface area (Å²) in [6, 6.07) is 3.70. The van der Waals surface area contributed by atoms with Crippen LogP contribution >= 0.6 is 0 Å². The van der Waals surface area contributed by atoms with Crippen LogP contribution in [0.4, 0.5) is 5.82 Å². The lowest BCUT2D eigenvalue weighted by molar-refractivity contribution is 0.0949. The van der Waals surface area contributed by atoms with Crippen molar-refractivity contribution in [3.63, 3.8) is 0 Å². The maximum absolute atomic E-state index is 12.2. The van der Waals surface area contributed by atoms with E-state index in [1.807, 2.05) is 19.1 Å². The van der Waals surface area contributed by atoms with E-state index in [-0.39, 0.29) is 11.3 Å². The average Bonchev–Trinajstić information content (AvgIpc) is 2.34. The van der Waals surface area contributed by atoms with Gasteiger partial charge in [0.15, 0.2) is 0 Å². The smallest absolute Gasteiger partial charge is 0.251 e. The zero-order chi connectivity index (χ0) is 15.3. The van der Waals surface area contributed by atoms with Crippen LogP contribution in [-0.4, -0.2) is 24.0 Å². The Labute approximate surface area is 122 Å². The molecule has 0 atom stereocenters. The van der Waals surface area contributed by atoms with Crippen LogP contribution in [-0.2, 0) is 5.41 Å². The second-order valence-corrected chi connectivity index (χ2v) is 6.51. The summed E-state index contributed by atoms with van der Waals surface area (Å²) in [4.78, 5) is 16.8. The number of amides is 1. The normalized spacial score (nSPS) is 11.6. The van der Waals surface area contributed by atoms with Gasteiger partial charge in [-0.2, -0.15) is 0 Å². The van der Waals surface area contributed by atoms with E-state index in [1.165, 1.54) is 0 Å². The number of nitrogens with one attached hydrogen (secondary N) is 2. The quantitative estimate of drug-likeness (QED) is 0.869. The van der Waals surface area contributed by atoms with Crippen molar-refractivity contribution in [2.24, 2.45) is 5.92 Å². The van der Waals surface area contributed by atoms with Crippen molar-refractivity contribution in [3.05, 3.63) is 23.4 Å². The number of nitrogens with zero attached hydrogens (tertiary/aromatic N) is 1. The zero-order valence-electron chi connectivity index (χ0n) is 13.5. The summed E-state index contributed by atoms with van der Waals surface area (Å²) in [5.74, 6) is 1.16. The van der Waals surface area contributed by atoms with Crippen molar-refractivity contribution >= 4 is 11.7 Å². The van der Waals surface area contributed by atoms with Crippen LogP contribution in [0.15, 0.2) is 12.1 Å². The van der Waals surface area contributed by atoms with E-state index < -0.39 is 0 Å². The average molecular weight is 277 g/mol. The van der Waals surface area contributed by atoms with E-state index in [9.17, 15) is 4.79 Å². The molecular formula is C16H27N3O. The maximum Gasteiger partial charge on any atom is 0.251 e. The minimum atomic E-state index is -0.0848. The highest BCUT2D eigenvalue weighted by molar-refractivity contribution is 5.95. The largest absolute Gasteiger partial charge is 0.370 e. The highest BCUT2D eigenvalue weighted by Crippen LogP contribution is 2.23. The molecule has 1 amide bonds. The Hall–Kier alpha value is -1.58. The summed E-state index contributed by atoms with van der Waals surface area (Å²) >= 11 is 0. The monoisotopic (exact) mass is 277 g/mol. The SMILES string of the molecule is CCNc1cc(C(=O)NCC(C)C)cc(C(C)(C)C)n1. The lowest BCUT2D eigenvalue weighted by Crippen LogP contribution is -2.28. The number of rotatable bonds is 5. The van der Waals surface area contributed by atoms with Crippen LogP contribution in [0, 0.1) is 5.92 Å². The third-order valence-corrected chi connectivity index (χ3v) is 2.88. The van der Waals surface area contributed by atoms with E-state index in [1.54, 1.807) is 0 Å². The second kappa shape index (κ2) is 6.73. The number of carbonyl (C=O) groups is 1. The van der Waals surface area contributed by atoms with Crippen LogP contribution in [0.3, 0.4) is 0 Å². The van der Waals surface area contributed by atoms with Crippen molar-refractivity contribution < 1.29 is 4.79 Å². The van der Waals surface area contributed by atoms with Gasteiger partial charge in [-0.1, -0.05) is 34.6 Å². The molecule has 0 saturated heterocycles. The minimum absolute atomic E-state index is 0.0363. The first kappa shape index (κ1) is 16.5. The standard InChI is InChI=1S/C16H27N3O/c1-7-17-14-9-12(15(20)18-10-11(2)3)8-13(19-14)16(4,5)6/h8-9,11H,7,10H2,1-6H3,(H,17,19)(H,18,20). The fourth-order valence-electron chi connectivity index (χ4n) is 1.72. The van der Waals surface area contributed by atoms with Crippen LogP contribution in [0.25, 0.3) is 0 Å². The van der Waals surface area contributed by atoms with Gasteiger partial charge in [0, 0.05) is 29.8 Å². The molecule has 4 heteroatoms. The molecule has 0 aliphatic rings. The van der Waals surface area contributed by atoms with Gasteiger partial charge >= 0.3 is 0 Å². The molecule has 0 radical (unpaired) electrons. The molecule has 2 N–H and O–H groups in total. The molecule has 20 heavy (non-hydrogen) atoms. The van der Waals surface area contributed by atoms with Crippen molar-refractivity contribution in [1.29, 1.82) is 0 Å². The van der Waals surface area contributed by atoms with E-state index in [2.05, 4.69) is 50.2 Å². The van der Waals surface area contributed by atoms with Crippen molar-refractivity contribution in [3.8, 4) is 0 Å². The Kier molecular flexibility index (Phi) is 5.54. The highest BCUT2D eigenvalue weighted by Gasteiger charge is 2.19. The van der Waals surface area contributed by atoms with Crippen LogP contribution in [0.2, 0.25) is 0 Å². The number of anilines is 1. The second-order valence-electron chi connectivity index (χ2n) is 6.51. The number of hydrogen-bond acceptors (Lipinski definition) is 3. The zero-order valence-corrected chi connectivity index (χ0v) is 13.5. The van der Waals surface area contributed by atoms with Gasteiger partial charge in [0.1, 0.15) is 5.82 Å². The molecule has 1 heterocycles. The molecule has 0 fully saturated rings. The van der Waals surface area contributed by atoms with Crippen LogP contribution in [0.5, 0.6) is 0 Å². The Morgan fingerprint density at radius 3 is 2.45 bits per heavy atom. The molecule has 0 unspecified atom stereocenters. The molecule has 4 nitrogen and oxygen atoms in total. The molecule has 0 bridgehead atoms. The molecule has 1 rings (SSSR count). The molecule has 0 saturated carbocycles. The summed E-state index contributed by atoms with van der Waals surface area (Å²) in [5, 5.41) is 6.14. The van der Waals surface area contributed by atoms with E-state index in [0.717, 1.165) is 18.1 Å². The van der Waals surface area contributed by atoms with E-state index in [0.29, 0.717) is 18.0 Å². The minimum Gasteiger partial charge on any atom is -0.370 e. The molecule has 0 aliphatic heterocycles. The lowest BCUT2D eigenvalue weighted by atomic mass is 9.90. The van der Waals surface area contributed by atoms with Gasteiger partial charge in [-0.25, -0.2) is 4.98 Å². The first-order valence-electron chi connectivity index (χ1n) is 7.28. The maximum atomic E-state index is 12.2. The Morgan fingerprint density at radius 1 is 1.30 bits per heavy atom. The first-order valence-corrected chi connectivity index (χ1v) is 7.28. The van der Waals surface area contributed by atoms with Gasteiger partial charge in [0.25, 0.3) is 5.91 Å². The summed E-state index contributed by atoms with van der Waals surface area (Å²) in [6.07, 6.45) is 0. The lowest BCUT2D eigenvalue weighted by Gasteiger charge is -2.20. The molecule has 0 aromatic carbocycles. The third-order valence-electron chi connectivity index (χ3n) is 2.88. The van der Waals surface area contributed by atoms with Gasteiger partial charge in [-0.05, 0) is 25.0 Å². The summed E-state index contributed by atoms with van der Waals surface area (Å²) in [5.41, 5.74) is 1.51. The molecule has 0 spiro atoms. The Morgan fingerprint density at radius 2 is 1.95 bits per heavy atom. The van der Waals surface area contributed by atoms with E-state index >= 15 is 0 Å². The predicted molar refractivity (Wildman–Crippen MR) is 84.3 cm³/mol. The number of hydrogen-bond donors (Lipinski definition) is 2. The molecular weight excluding hydrogens is 250 g/mol. The molecule has 1 aromatic rings. The van der Waals surface area contributed by atoms with Crippen molar-refractivity contribution in [1.82, 2.24) is 10.3 Å². The van der Waals surface area contributed by atoms with Crippen molar-refractivity contribution in [2.45, 2.75) is 47.0 Å². The highest BCUT2D eigenvalue weighted by atomic mass is 16.1. The number of pyridine rings is 1. The van der Waals surface area contributed by atoms with Crippen LogP contribution < -0.4 is 10.6 Å². The summed E-state index contributed by atoms with van der Waals surface area (Å²) in [7, 11) is 0. The van der Waals surface area contributed by atoms with Crippen LogP contribution in [0.1, 0.15) is 57.6 Å².